The highest BCUT2D eigenvalue weighted by Crippen LogP contribution is 2.14. The van der Waals surface area contributed by atoms with Crippen molar-refractivity contribution >= 4 is 5.71 Å². The Morgan fingerprint density at radius 3 is 2.31 bits per heavy atom. The molecule has 0 fully saturated rings. The Labute approximate surface area is 100 Å². The molecule has 0 amide bonds. The van der Waals surface area contributed by atoms with Crippen LogP contribution in [0.25, 0.3) is 0 Å². The lowest BCUT2D eigenvalue weighted by Gasteiger charge is -2.23. The summed E-state index contributed by atoms with van der Waals surface area (Å²) in [5.74, 6) is 0.532. The first kappa shape index (κ1) is 15.2. The fraction of sp³-hybridized carbons (Fsp3) is 0.769. The molecule has 0 saturated heterocycles. The smallest absolute Gasteiger partial charge is 0.0155 e. The average Bonchev–Trinajstić information content (AvgIpc) is 2.16. The van der Waals surface area contributed by atoms with Gasteiger partial charge in [0, 0.05) is 37.0 Å². The quantitative estimate of drug-likeness (QED) is 0.460. The molecule has 0 saturated carbocycles. The van der Waals surface area contributed by atoms with Crippen LogP contribution in [-0.4, -0.2) is 25.8 Å². The van der Waals surface area contributed by atoms with Gasteiger partial charge in [-0.25, -0.2) is 0 Å². The Morgan fingerprint density at radius 2 is 1.94 bits per heavy atom. The maximum atomic E-state index is 7.65. The molecule has 0 heterocycles. The van der Waals surface area contributed by atoms with Gasteiger partial charge in [0.1, 0.15) is 0 Å². The number of nitrogens with one attached hydrogen (secondary N) is 3. The van der Waals surface area contributed by atoms with E-state index in [1.807, 2.05) is 14.0 Å². The van der Waals surface area contributed by atoms with E-state index in [-0.39, 0.29) is 5.41 Å². The molecule has 0 radical (unpaired) electrons. The Kier molecular flexibility index (Phi) is 6.34. The summed E-state index contributed by atoms with van der Waals surface area (Å²) in [6, 6.07) is 0. The van der Waals surface area contributed by atoms with Crippen LogP contribution in [0.2, 0.25) is 0 Å². The first-order valence-corrected chi connectivity index (χ1v) is 5.95. The van der Waals surface area contributed by atoms with E-state index < -0.39 is 0 Å². The summed E-state index contributed by atoms with van der Waals surface area (Å²) in [5.41, 5.74) is 1.93. The van der Waals surface area contributed by atoms with Gasteiger partial charge in [-0.2, -0.15) is 0 Å². The van der Waals surface area contributed by atoms with E-state index >= 15 is 0 Å². The van der Waals surface area contributed by atoms with Crippen LogP contribution < -0.4 is 10.6 Å². The summed E-state index contributed by atoms with van der Waals surface area (Å²) in [5, 5.41) is 14.2. The highest BCUT2D eigenvalue weighted by atomic mass is 14.9. The van der Waals surface area contributed by atoms with Gasteiger partial charge in [-0.05, 0) is 12.8 Å². The van der Waals surface area contributed by atoms with E-state index in [4.69, 9.17) is 5.41 Å². The van der Waals surface area contributed by atoms with Crippen LogP contribution in [0.15, 0.2) is 11.8 Å². The van der Waals surface area contributed by atoms with Gasteiger partial charge >= 0.3 is 0 Å². The zero-order valence-corrected chi connectivity index (χ0v) is 11.6. The lowest BCUT2D eigenvalue weighted by Crippen LogP contribution is -2.34. The zero-order valence-electron chi connectivity index (χ0n) is 11.6. The number of hydrogen-bond acceptors (Lipinski definition) is 3. The predicted octanol–water partition coefficient (Wildman–Crippen LogP) is 2.40. The van der Waals surface area contributed by atoms with Crippen molar-refractivity contribution in [1.82, 2.24) is 10.6 Å². The van der Waals surface area contributed by atoms with Crippen molar-refractivity contribution in [3.05, 3.63) is 11.8 Å². The zero-order chi connectivity index (χ0) is 12.8. The van der Waals surface area contributed by atoms with Crippen LogP contribution >= 0.6 is 0 Å². The van der Waals surface area contributed by atoms with Crippen LogP contribution in [-0.2, 0) is 0 Å². The largest absolute Gasteiger partial charge is 0.391 e. The third kappa shape index (κ3) is 5.31. The molecule has 0 rings (SSSR count). The highest BCUT2D eigenvalue weighted by molar-refractivity contribution is 5.84. The summed E-state index contributed by atoms with van der Waals surface area (Å²) >= 11 is 0. The molecule has 0 aromatic rings. The number of rotatable bonds is 7. The Morgan fingerprint density at radius 1 is 1.38 bits per heavy atom. The highest BCUT2D eigenvalue weighted by Gasteiger charge is 2.19. The Bertz CT molecular complexity index is 252. The SMILES string of the molecule is CN/C(=C/CNCC(C)(C)C(C)=N)C(C)C. The van der Waals surface area contributed by atoms with Gasteiger partial charge in [-0.1, -0.05) is 33.8 Å². The fourth-order valence-corrected chi connectivity index (χ4v) is 1.33. The molecule has 0 aromatic heterocycles. The summed E-state index contributed by atoms with van der Waals surface area (Å²) < 4.78 is 0. The number of allylic oxidation sites excluding steroid dienone is 1. The maximum Gasteiger partial charge on any atom is 0.0155 e. The molecule has 0 aliphatic heterocycles. The van der Waals surface area contributed by atoms with Gasteiger partial charge in [-0.15, -0.1) is 0 Å². The normalized spacial score (nSPS) is 13.1. The average molecular weight is 225 g/mol. The van der Waals surface area contributed by atoms with Crippen LogP contribution in [0.4, 0.5) is 0 Å². The van der Waals surface area contributed by atoms with E-state index in [1.165, 1.54) is 5.70 Å². The van der Waals surface area contributed by atoms with Crippen LogP contribution in [0, 0.1) is 16.7 Å². The molecule has 0 aliphatic carbocycles. The van der Waals surface area contributed by atoms with Gasteiger partial charge < -0.3 is 16.0 Å². The van der Waals surface area contributed by atoms with Crippen LogP contribution in [0.1, 0.15) is 34.6 Å². The van der Waals surface area contributed by atoms with Crippen molar-refractivity contribution in [1.29, 1.82) is 5.41 Å². The first-order valence-electron chi connectivity index (χ1n) is 5.95. The molecule has 16 heavy (non-hydrogen) atoms. The third-order valence-electron chi connectivity index (χ3n) is 2.96. The summed E-state index contributed by atoms with van der Waals surface area (Å²) in [6.45, 7) is 12.1. The lowest BCUT2D eigenvalue weighted by molar-refractivity contribution is 0.474. The van der Waals surface area contributed by atoms with Crippen molar-refractivity contribution in [2.45, 2.75) is 34.6 Å². The van der Waals surface area contributed by atoms with Crippen molar-refractivity contribution in [3.63, 3.8) is 0 Å². The topological polar surface area (TPSA) is 47.9 Å². The molecule has 0 atom stereocenters. The Balaban J connectivity index is 4.04. The summed E-state index contributed by atoms with van der Waals surface area (Å²) in [6.07, 6.45) is 2.18. The molecule has 3 nitrogen and oxygen atoms in total. The van der Waals surface area contributed by atoms with E-state index in [0.29, 0.717) is 5.92 Å². The third-order valence-corrected chi connectivity index (χ3v) is 2.96. The second kappa shape index (κ2) is 6.69. The molecular formula is C13H27N3. The molecule has 0 aromatic carbocycles. The summed E-state index contributed by atoms with van der Waals surface area (Å²) in [4.78, 5) is 0. The second-order valence-corrected chi connectivity index (χ2v) is 5.20. The molecule has 0 spiro atoms. The van der Waals surface area contributed by atoms with E-state index in [2.05, 4.69) is 44.4 Å². The minimum absolute atomic E-state index is 0.0501. The van der Waals surface area contributed by atoms with E-state index in [0.717, 1.165) is 18.8 Å². The molecule has 3 N–H and O–H groups in total. The molecular weight excluding hydrogens is 198 g/mol. The van der Waals surface area contributed by atoms with Gasteiger partial charge in [-0.3, -0.25) is 0 Å². The molecule has 0 bridgehead atoms. The Hall–Kier alpha value is -0.830. The van der Waals surface area contributed by atoms with Gasteiger partial charge in [0.15, 0.2) is 0 Å². The minimum atomic E-state index is -0.0501. The fourth-order valence-electron chi connectivity index (χ4n) is 1.33. The molecule has 94 valence electrons. The van der Waals surface area contributed by atoms with E-state index in [9.17, 15) is 0 Å². The van der Waals surface area contributed by atoms with Crippen LogP contribution in [0.5, 0.6) is 0 Å². The molecule has 3 heteroatoms. The van der Waals surface area contributed by atoms with Crippen LogP contribution in [0.3, 0.4) is 0 Å². The predicted molar refractivity (Wildman–Crippen MR) is 72.0 cm³/mol. The standard InChI is InChI=1S/C13H27N3/c1-10(2)12(15-6)7-8-16-9-13(4,5)11(3)14/h7,10,14-16H,8-9H2,1-6H3/b12-7+,14-11?. The van der Waals surface area contributed by atoms with Crippen molar-refractivity contribution in [2.75, 3.05) is 20.1 Å². The van der Waals surface area contributed by atoms with Gasteiger partial charge in [0.05, 0.1) is 0 Å². The number of hydrogen-bond donors (Lipinski definition) is 3. The molecule has 0 unspecified atom stereocenters. The van der Waals surface area contributed by atoms with Crippen molar-refractivity contribution in [3.8, 4) is 0 Å². The minimum Gasteiger partial charge on any atom is -0.391 e. The van der Waals surface area contributed by atoms with Crippen molar-refractivity contribution < 1.29 is 0 Å². The summed E-state index contributed by atoms with van der Waals surface area (Å²) in [7, 11) is 1.96. The lowest BCUT2D eigenvalue weighted by atomic mass is 9.88. The first-order chi connectivity index (χ1) is 7.31. The monoisotopic (exact) mass is 225 g/mol. The maximum absolute atomic E-state index is 7.65. The second-order valence-electron chi connectivity index (χ2n) is 5.20. The van der Waals surface area contributed by atoms with E-state index in [1.54, 1.807) is 0 Å². The van der Waals surface area contributed by atoms with Gasteiger partial charge in [0.2, 0.25) is 0 Å². The molecule has 0 aliphatic rings. The van der Waals surface area contributed by atoms with Crippen molar-refractivity contribution in [2.24, 2.45) is 11.3 Å². The van der Waals surface area contributed by atoms with Gasteiger partial charge in [0.25, 0.3) is 0 Å².